The number of carbonyl (C=O) groups is 1. The van der Waals surface area contributed by atoms with Crippen molar-refractivity contribution >= 4 is 23.4 Å². The van der Waals surface area contributed by atoms with E-state index >= 15 is 0 Å². The van der Waals surface area contributed by atoms with Gasteiger partial charge in [-0.25, -0.2) is 0 Å². The molecule has 0 aliphatic carbocycles. The molecule has 138 valence electrons. The van der Waals surface area contributed by atoms with Gasteiger partial charge >= 0.3 is 0 Å². The molecular weight excluding hydrogens is 364 g/mol. The highest BCUT2D eigenvalue weighted by atomic mass is 32.2. The van der Waals surface area contributed by atoms with Gasteiger partial charge in [-0.2, -0.15) is 0 Å². The van der Waals surface area contributed by atoms with Crippen molar-refractivity contribution in [2.45, 2.75) is 18.6 Å². The summed E-state index contributed by atoms with van der Waals surface area (Å²) in [7, 11) is 0. The van der Waals surface area contributed by atoms with Gasteiger partial charge in [-0.3, -0.25) is 4.79 Å². The second-order valence-electron chi connectivity index (χ2n) is 5.79. The molecule has 2 heterocycles. The quantitative estimate of drug-likeness (QED) is 0.658. The zero-order valence-corrected chi connectivity index (χ0v) is 15.5. The van der Waals surface area contributed by atoms with Crippen LogP contribution in [0.15, 0.2) is 53.7 Å². The fourth-order valence-electron chi connectivity index (χ4n) is 2.83. The molecule has 0 saturated heterocycles. The monoisotopic (exact) mass is 382 g/mol. The van der Waals surface area contributed by atoms with Crippen molar-refractivity contribution in [2.75, 3.05) is 17.9 Å². The molecule has 1 aliphatic heterocycles. The van der Waals surface area contributed by atoms with Crippen LogP contribution in [0.25, 0.3) is 11.4 Å². The molecule has 0 unspecified atom stereocenters. The first-order chi connectivity index (χ1) is 13.3. The first-order valence-electron chi connectivity index (χ1n) is 8.56. The van der Waals surface area contributed by atoms with Crippen molar-refractivity contribution in [3.8, 4) is 22.9 Å². The molecule has 2 aromatic carbocycles. The molecule has 0 atom stereocenters. The van der Waals surface area contributed by atoms with E-state index in [2.05, 4.69) is 15.5 Å². The highest BCUT2D eigenvalue weighted by Crippen LogP contribution is 2.38. The lowest BCUT2D eigenvalue weighted by molar-refractivity contribution is -0.113. The molecule has 4 rings (SSSR count). The lowest BCUT2D eigenvalue weighted by Gasteiger charge is -2.09. The number of amides is 1. The second-order valence-corrected chi connectivity index (χ2v) is 6.74. The molecule has 0 saturated carbocycles. The number of fused-ring (bicyclic) bond motifs is 1. The van der Waals surface area contributed by atoms with Crippen molar-refractivity contribution in [3.05, 3.63) is 48.5 Å². The van der Waals surface area contributed by atoms with Gasteiger partial charge in [0.2, 0.25) is 12.7 Å². The van der Waals surface area contributed by atoms with Crippen molar-refractivity contribution < 1.29 is 14.3 Å². The van der Waals surface area contributed by atoms with E-state index in [4.69, 9.17) is 9.47 Å². The predicted molar refractivity (Wildman–Crippen MR) is 103 cm³/mol. The lowest BCUT2D eigenvalue weighted by Crippen LogP contribution is -2.15. The molecule has 1 aliphatic rings. The predicted octanol–water partition coefficient (Wildman–Crippen LogP) is 3.42. The smallest absolute Gasteiger partial charge is 0.234 e. The Kier molecular flexibility index (Phi) is 4.97. The summed E-state index contributed by atoms with van der Waals surface area (Å²) >= 11 is 1.35. The number of thioether (sulfide) groups is 1. The van der Waals surface area contributed by atoms with Crippen LogP contribution >= 0.6 is 11.8 Å². The Morgan fingerprint density at radius 3 is 2.81 bits per heavy atom. The van der Waals surface area contributed by atoms with Crippen LogP contribution in [0.1, 0.15) is 6.92 Å². The average Bonchev–Trinajstić information content (AvgIpc) is 3.34. The Labute approximate surface area is 160 Å². The Bertz CT molecular complexity index is 959. The first-order valence-corrected chi connectivity index (χ1v) is 9.54. The minimum absolute atomic E-state index is 0.143. The molecule has 1 aromatic heterocycles. The number of ether oxygens (including phenoxy) is 2. The van der Waals surface area contributed by atoms with E-state index in [9.17, 15) is 4.79 Å². The highest BCUT2D eigenvalue weighted by Gasteiger charge is 2.19. The maximum atomic E-state index is 12.4. The van der Waals surface area contributed by atoms with E-state index < -0.39 is 0 Å². The van der Waals surface area contributed by atoms with Gasteiger partial charge in [-0.1, -0.05) is 48.2 Å². The number of rotatable bonds is 6. The van der Waals surface area contributed by atoms with Gasteiger partial charge in [0.25, 0.3) is 0 Å². The van der Waals surface area contributed by atoms with Crippen molar-refractivity contribution in [3.63, 3.8) is 0 Å². The standard InChI is InChI=1S/C19H18N4O3S/c1-2-23-18(13-7-4-3-5-8-13)21-22-19(23)27-11-16(24)20-14-9-6-10-15-17(14)26-12-25-15/h3-10H,2,11-12H2,1H3,(H,20,24). The Hall–Kier alpha value is -3.00. The third-order valence-electron chi connectivity index (χ3n) is 4.07. The summed E-state index contributed by atoms with van der Waals surface area (Å²) in [6, 6.07) is 15.3. The van der Waals surface area contributed by atoms with E-state index in [1.807, 2.05) is 54.0 Å². The minimum atomic E-state index is -0.143. The first kappa shape index (κ1) is 17.4. The molecule has 27 heavy (non-hydrogen) atoms. The number of hydrogen-bond donors (Lipinski definition) is 1. The van der Waals surface area contributed by atoms with Crippen molar-refractivity contribution in [1.29, 1.82) is 0 Å². The molecule has 0 spiro atoms. The second kappa shape index (κ2) is 7.71. The topological polar surface area (TPSA) is 78.3 Å². The van der Waals surface area contributed by atoms with E-state index in [1.54, 1.807) is 6.07 Å². The van der Waals surface area contributed by atoms with Gasteiger partial charge in [0.05, 0.1) is 11.4 Å². The van der Waals surface area contributed by atoms with Crippen LogP contribution in [0.2, 0.25) is 0 Å². The fraction of sp³-hybridized carbons (Fsp3) is 0.211. The van der Waals surface area contributed by atoms with E-state index in [1.165, 1.54) is 11.8 Å². The largest absolute Gasteiger partial charge is 0.454 e. The van der Waals surface area contributed by atoms with Crippen molar-refractivity contribution in [1.82, 2.24) is 14.8 Å². The molecule has 7 nitrogen and oxygen atoms in total. The average molecular weight is 382 g/mol. The molecular formula is C19H18N4O3S. The minimum Gasteiger partial charge on any atom is -0.454 e. The van der Waals surface area contributed by atoms with Gasteiger partial charge < -0.3 is 19.4 Å². The molecule has 0 bridgehead atoms. The van der Waals surface area contributed by atoms with Crippen LogP contribution < -0.4 is 14.8 Å². The lowest BCUT2D eigenvalue weighted by atomic mass is 10.2. The number of hydrogen-bond acceptors (Lipinski definition) is 6. The summed E-state index contributed by atoms with van der Waals surface area (Å²) in [5, 5.41) is 12.1. The van der Waals surface area contributed by atoms with E-state index in [-0.39, 0.29) is 18.5 Å². The SMILES string of the molecule is CCn1c(SCC(=O)Nc2cccc3c2OCO3)nnc1-c1ccccc1. The maximum Gasteiger partial charge on any atom is 0.234 e. The van der Waals surface area contributed by atoms with Crippen LogP contribution in [0.5, 0.6) is 11.5 Å². The summed E-state index contributed by atoms with van der Waals surface area (Å²) in [4.78, 5) is 12.4. The van der Waals surface area contributed by atoms with Gasteiger partial charge in [0.1, 0.15) is 0 Å². The Morgan fingerprint density at radius 1 is 1.15 bits per heavy atom. The number of nitrogens with one attached hydrogen (secondary N) is 1. The van der Waals surface area contributed by atoms with Gasteiger partial charge in [-0.15, -0.1) is 10.2 Å². The number of aromatic nitrogens is 3. The number of carbonyl (C=O) groups excluding carboxylic acids is 1. The summed E-state index contributed by atoms with van der Waals surface area (Å²) in [6.07, 6.45) is 0. The summed E-state index contributed by atoms with van der Waals surface area (Å²) in [5.41, 5.74) is 1.61. The summed E-state index contributed by atoms with van der Waals surface area (Å²) in [5.74, 6) is 2.08. The maximum absolute atomic E-state index is 12.4. The van der Waals surface area contributed by atoms with Gasteiger partial charge in [-0.05, 0) is 19.1 Å². The van der Waals surface area contributed by atoms with Gasteiger partial charge in [0.15, 0.2) is 22.5 Å². The third-order valence-corrected chi connectivity index (χ3v) is 5.03. The fourth-order valence-corrected chi connectivity index (χ4v) is 3.63. The molecule has 0 fully saturated rings. The Balaban J connectivity index is 1.44. The molecule has 3 aromatic rings. The zero-order chi connectivity index (χ0) is 18.6. The zero-order valence-electron chi connectivity index (χ0n) is 14.7. The van der Waals surface area contributed by atoms with Crippen LogP contribution in [0.4, 0.5) is 5.69 Å². The molecule has 1 amide bonds. The number of anilines is 1. The van der Waals surface area contributed by atoms with Crippen LogP contribution in [0, 0.1) is 0 Å². The number of benzene rings is 2. The molecule has 8 heteroatoms. The molecule has 0 radical (unpaired) electrons. The highest BCUT2D eigenvalue weighted by molar-refractivity contribution is 7.99. The Morgan fingerprint density at radius 2 is 2.00 bits per heavy atom. The van der Waals surface area contributed by atoms with Crippen LogP contribution in [0.3, 0.4) is 0 Å². The normalized spacial score (nSPS) is 12.2. The van der Waals surface area contributed by atoms with E-state index in [0.29, 0.717) is 22.3 Å². The van der Waals surface area contributed by atoms with Crippen LogP contribution in [-0.2, 0) is 11.3 Å². The summed E-state index contributed by atoms with van der Waals surface area (Å²) in [6.45, 7) is 2.92. The van der Waals surface area contributed by atoms with E-state index in [0.717, 1.165) is 17.9 Å². The third kappa shape index (κ3) is 3.61. The summed E-state index contributed by atoms with van der Waals surface area (Å²) < 4.78 is 12.7. The molecule has 1 N–H and O–H groups in total. The van der Waals surface area contributed by atoms with Crippen LogP contribution in [-0.4, -0.2) is 33.2 Å². The number of nitrogens with zero attached hydrogens (tertiary/aromatic N) is 3. The van der Waals surface area contributed by atoms with Gasteiger partial charge in [0, 0.05) is 12.1 Å². The van der Waals surface area contributed by atoms with Crippen molar-refractivity contribution in [2.24, 2.45) is 0 Å². The number of para-hydroxylation sites is 1.